The zero-order chi connectivity index (χ0) is 29.4. The van der Waals surface area contributed by atoms with Crippen LogP contribution in [0.2, 0.25) is 5.02 Å². The lowest BCUT2D eigenvalue weighted by molar-refractivity contribution is 0.610. The molecule has 206 valence electrons. The molecule has 2 atom stereocenters. The molecule has 1 aliphatic carbocycles. The summed E-state index contributed by atoms with van der Waals surface area (Å²) in [6.07, 6.45) is 7.11. The summed E-state index contributed by atoms with van der Waals surface area (Å²) in [5, 5.41) is 26.3. The van der Waals surface area contributed by atoms with Crippen molar-refractivity contribution in [2.45, 2.75) is 51.2 Å². The molecule has 6 rings (SSSR count). The number of rotatable bonds is 9. The maximum absolute atomic E-state index is 14.5. The van der Waals surface area contributed by atoms with Crippen molar-refractivity contribution in [2.24, 2.45) is 0 Å². The molecule has 2 aromatic carbocycles. The third-order valence-corrected chi connectivity index (χ3v) is 7.54. The van der Waals surface area contributed by atoms with Crippen LogP contribution in [0.4, 0.5) is 15.8 Å². The maximum atomic E-state index is 14.5. The maximum Gasteiger partial charge on any atom is 0.141 e. The quantitative estimate of drug-likeness (QED) is 0.193. The Bertz CT molecular complexity index is 1820. The highest BCUT2D eigenvalue weighted by molar-refractivity contribution is 6.35. The van der Waals surface area contributed by atoms with E-state index < -0.39 is 11.8 Å². The number of nitrogens with one attached hydrogen (secondary N) is 2. The minimum absolute atomic E-state index is 0.0759. The van der Waals surface area contributed by atoms with Crippen molar-refractivity contribution in [1.29, 1.82) is 5.26 Å². The average Bonchev–Trinajstić information content (AvgIpc) is 3.72. The molecular formula is C31H28ClFN8. The number of nitriles is 1. The molecule has 3 heterocycles. The van der Waals surface area contributed by atoms with Gasteiger partial charge in [0.15, 0.2) is 0 Å². The van der Waals surface area contributed by atoms with Crippen LogP contribution in [0.1, 0.15) is 73.7 Å². The number of fused-ring (bicyclic) bond motifs is 1. The summed E-state index contributed by atoms with van der Waals surface area (Å²) in [7, 11) is 0. The lowest BCUT2D eigenvalue weighted by Crippen LogP contribution is -2.16. The molecule has 0 spiro atoms. The van der Waals surface area contributed by atoms with Crippen LogP contribution in [0, 0.1) is 24.1 Å². The van der Waals surface area contributed by atoms with E-state index in [1.807, 2.05) is 30.3 Å². The van der Waals surface area contributed by atoms with Crippen LogP contribution in [0.25, 0.3) is 10.9 Å². The van der Waals surface area contributed by atoms with Crippen LogP contribution in [0.3, 0.4) is 0 Å². The molecule has 0 bridgehead atoms. The van der Waals surface area contributed by atoms with Crippen molar-refractivity contribution >= 4 is 33.9 Å². The predicted octanol–water partition coefficient (Wildman–Crippen LogP) is 7.29. The molecule has 8 nitrogen and oxygen atoms in total. The third-order valence-electron chi connectivity index (χ3n) is 7.25. The van der Waals surface area contributed by atoms with Gasteiger partial charge in [0.2, 0.25) is 0 Å². The molecule has 1 unspecified atom stereocenters. The minimum atomic E-state index is -1.76. The molecule has 0 amide bonds. The molecule has 1 aliphatic rings. The normalized spacial score (nSPS) is 15.5. The van der Waals surface area contributed by atoms with Crippen molar-refractivity contribution in [3.63, 3.8) is 0 Å². The monoisotopic (exact) mass is 567 g/mol. The number of aryl methyl sites for hydroxylation is 1. The standard InChI is InChI=1S/C31H28ClFN8/c1-3-27(19-7-5-4-6-8-19)38-29-20(14-34)15-36-30-25(29)12-22(13-26(30)32)37-31(24-11-21(33)16-35-18(24)2)28-17-41(40-39-28)23-9-10-23/h4-8,11-13,15-17,23,27,31,37H,3,9-10H2,1-2H3,(H,36,38)/t27-,31?/m1/s1/i31D. The van der Waals surface area contributed by atoms with Gasteiger partial charge in [-0.15, -0.1) is 5.10 Å². The molecule has 3 aromatic heterocycles. The summed E-state index contributed by atoms with van der Waals surface area (Å²) in [4.78, 5) is 8.64. The van der Waals surface area contributed by atoms with Crippen LogP contribution < -0.4 is 10.6 Å². The van der Waals surface area contributed by atoms with Gasteiger partial charge in [0.1, 0.15) is 17.6 Å². The van der Waals surface area contributed by atoms with E-state index in [-0.39, 0.29) is 12.1 Å². The number of nitrogens with zero attached hydrogens (tertiary/aromatic N) is 6. The van der Waals surface area contributed by atoms with E-state index in [4.69, 9.17) is 11.6 Å². The van der Waals surface area contributed by atoms with Crippen molar-refractivity contribution in [3.8, 4) is 6.07 Å². The van der Waals surface area contributed by atoms with Gasteiger partial charge in [-0.1, -0.05) is 54.1 Å². The first-order valence-electron chi connectivity index (χ1n) is 14.0. The molecule has 0 radical (unpaired) electrons. The van der Waals surface area contributed by atoms with E-state index in [9.17, 15) is 11.0 Å². The summed E-state index contributed by atoms with van der Waals surface area (Å²) >= 11 is 6.77. The van der Waals surface area contributed by atoms with Crippen molar-refractivity contribution in [1.82, 2.24) is 25.0 Å². The molecule has 2 N–H and O–H groups in total. The number of hydrogen-bond acceptors (Lipinski definition) is 7. The number of hydrogen-bond donors (Lipinski definition) is 2. The Morgan fingerprint density at radius 1 is 1.17 bits per heavy atom. The van der Waals surface area contributed by atoms with E-state index in [1.165, 1.54) is 12.3 Å². The van der Waals surface area contributed by atoms with E-state index in [1.54, 1.807) is 29.9 Å². The number of pyridine rings is 2. The lowest BCUT2D eigenvalue weighted by Gasteiger charge is -2.23. The first kappa shape index (κ1) is 25.4. The molecule has 0 aliphatic heterocycles. The Kier molecular flexibility index (Phi) is 6.91. The second kappa shape index (κ2) is 11.1. The minimum Gasteiger partial charge on any atom is -0.377 e. The van der Waals surface area contributed by atoms with Gasteiger partial charge in [-0.25, -0.2) is 9.07 Å². The van der Waals surface area contributed by atoms with E-state index in [0.29, 0.717) is 49.8 Å². The molecular weight excluding hydrogens is 539 g/mol. The highest BCUT2D eigenvalue weighted by atomic mass is 35.5. The fraction of sp³-hybridized carbons (Fsp3) is 0.258. The van der Waals surface area contributed by atoms with Gasteiger partial charge in [-0.2, -0.15) is 5.26 Å². The van der Waals surface area contributed by atoms with Crippen molar-refractivity contribution in [2.75, 3.05) is 10.6 Å². The number of halogens is 2. The molecule has 10 heteroatoms. The smallest absolute Gasteiger partial charge is 0.141 e. The zero-order valence-electron chi connectivity index (χ0n) is 23.6. The van der Waals surface area contributed by atoms with Crippen molar-refractivity contribution in [3.05, 3.63) is 106 Å². The van der Waals surface area contributed by atoms with Gasteiger partial charge in [-0.05, 0) is 49.9 Å². The Balaban J connectivity index is 1.48. The SMILES string of the molecule is [2H]C(Nc1cc(Cl)c2ncc(C#N)c(N[C@H](CC)c3ccccc3)c2c1)(c1cn(C2CC2)nn1)c1cc(F)cnc1C. The van der Waals surface area contributed by atoms with Crippen LogP contribution in [0.5, 0.6) is 0 Å². The Morgan fingerprint density at radius 2 is 1.98 bits per heavy atom. The predicted molar refractivity (Wildman–Crippen MR) is 157 cm³/mol. The van der Waals surface area contributed by atoms with Crippen LogP contribution in [0.15, 0.2) is 67.1 Å². The fourth-order valence-electron chi connectivity index (χ4n) is 4.94. The third kappa shape index (κ3) is 5.43. The molecule has 41 heavy (non-hydrogen) atoms. The summed E-state index contributed by atoms with van der Waals surface area (Å²) < 4.78 is 25.9. The van der Waals surface area contributed by atoms with Gasteiger partial charge in [-0.3, -0.25) is 9.97 Å². The summed E-state index contributed by atoms with van der Waals surface area (Å²) in [6, 6.07) is 15.4. The Labute approximate surface area is 243 Å². The highest BCUT2D eigenvalue weighted by Gasteiger charge is 2.28. The average molecular weight is 568 g/mol. The molecule has 0 saturated heterocycles. The van der Waals surface area contributed by atoms with Gasteiger partial charge in [0.05, 0.1) is 53.7 Å². The molecule has 1 saturated carbocycles. The zero-order valence-corrected chi connectivity index (χ0v) is 23.3. The van der Waals surface area contributed by atoms with E-state index >= 15 is 0 Å². The van der Waals surface area contributed by atoms with Crippen molar-refractivity contribution < 1.29 is 5.76 Å². The van der Waals surface area contributed by atoms with Gasteiger partial charge in [0.25, 0.3) is 0 Å². The van der Waals surface area contributed by atoms with Crippen LogP contribution in [-0.4, -0.2) is 25.0 Å². The Morgan fingerprint density at radius 3 is 2.71 bits per heavy atom. The number of aromatic nitrogens is 5. The van der Waals surface area contributed by atoms with Gasteiger partial charge in [0, 0.05) is 28.5 Å². The first-order valence-corrected chi connectivity index (χ1v) is 13.9. The van der Waals surface area contributed by atoms with Gasteiger partial charge >= 0.3 is 0 Å². The summed E-state index contributed by atoms with van der Waals surface area (Å²) in [6.45, 7) is 3.79. The second-order valence-corrected chi connectivity index (χ2v) is 10.5. The van der Waals surface area contributed by atoms with E-state index in [2.05, 4.69) is 43.9 Å². The topological polar surface area (TPSA) is 104 Å². The highest BCUT2D eigenvalue weighted by Crippen LogP contribution is 2.38. The van der Waals surface area contributed by atoms with E-state index in [0.717, 1.165) is 31.0 Å². The number of benzene rings is 2. The molecule has 5 aromatic rings. The Hall–Kier alpha value is -4.55. The molecule has 1 fully saturated rings. The summed E-state index contributed by atoms with van der Waals surface area (Å²) in [5.74, 6) is -0.568. The van der Waals surface area contributed by atoms with Crippen LogP contribution >= 0.6 is 11.6 Å². The summed E-state index contributed by atoms with van der Waals surface area (Å²) in [5.41, 5.74) is 4.04. The fourth-order valence-corrected chi connectivity index (χ4v) is 5.20. The largest absolute Gasteiger partial charge is 0.377 e. The lowest BCUT2D eigenvalue weighted by atomic mass is 10.0. The number of anilines is 2. The van der Waals surface area contributed by atoms with Crippen LogP contribution in [-0.2, 0) is 0 Å². The first-order chi connectivity index (χ1) is 20.3. The second-order valence-electron chi connectivity index (χ2n) is 10.1. The van der Waals surface area contributed by atoms with Gasteiger partial charge < -0.3 is 10.6 Å².